The maximum Gasteiger partial charge on any atom is 0.407 e. The number of hydrogen-bond donors (Lipinski definition) is 2. The Hall–Kier alpha value is -3.06. The fourth-order valence-corrected chi connectivity index (χ4v) is 3.99. The number of carbonyl (C=O) groups excluding carboxylic acids is 1. The minimum atomic E-state index is -0.865. The molecule has 1 saturated heterocycles. The van der Waals surface area contributed by atoms with Crippen molar-refractivity contribution < 1.29 is 24.2 Å². The van der Waals surface area contributed by atoms with Crippen LogP contribution in [0.25, 0.3) is 11.1 Å². The molecule has 2 aromatic carbocycles. The first kappa shape index (κ1) is 20.2. The fraction of sp³-hybridized carbons (Fsp3) is 0.391. The molecule has 30 heavy (non-hydrogen) atoms. The molecular weight excluding hydrogens is 384 g/mol. The first-order valence-electron chi connectivity index (χ1n) is 10.3. The molecule has 7 nitrogen and oxygen atoms in total. The van der Waals surface area contributed by atoms with Crippen LogP contribution in [0.2, 0.25) is 0 Å². The standard InChI is InChI=1S/C23H26N2O5/c1-2-24-21(26)16-5-3-15(4-6-16)18-7-8-20-19(13-18)14-29-22(30-20)17-9-11-25(12-10-17)23(27)28/h3-8,13,17,22H,2,9-12,14H2,1H3,(H,24,26)(H,27,28). The monoisotopic (exact) mass is 410 g/mol. The van der Waals surface area contributed by atoms with Gasteiger partial charge in [-0.3, -0.25) is 4.79 Å². The molecule has 2 heterocycles. The number of hydrogen-bond acceptors (Lipinski definition) is 4. The van der Waals surface area contributed by atoms with Gasteiger partial charge in [0.05, 0.1) is 6.61 Å². The molecule has 0 aliphatic carbocycles. The topological polar surface area (TPSA) is 88.1 Å². The van der Waals surface area contributed by atoms with Crippen LogP contribution in [0.5, 0.6) is 5.75 Å². The van der Waals surface area contributed by atoms with Gasteiger partial charge in [0.15, 0.2) is 0 Å². The van der Waals surface area contributed by atoms with Crippen LogP contribution in [0.1, 0.15) is 35.7 Å². The summed E-state index contributed by atoms with van der Waals surface area (Å²) >= 11 is 0. The second kappa shape index (κ2) is 8.75. The van der Waals surface area contributed by atoms with Gasteiger partial charge in [-0.1, -0.05) is 18.2 Å². The number of likely N-dealkylation sites (tertiary alicyclic amines) is 1. The Morgan fingerprint density at radius 2 is 1.80 bits per heavy atom. The van der Waals surface area contributed by atoms with Gasteiger partial charge in [-0.25, -0.2) is 4.79 Å². The summed E-state index contributed by atoms with van der Waals surface area (Å²) in [6.45, 7) is 3.99. The minimum absolute atomic E-state index is 0.0727. The van der Waals surface area contributed by atoms with E-state index in [4.69, 9.17) is 14.6 Å². The molecule has 0 spiro atoms. The Balaban J connectivity index is 1.42. The van der Waals surface area contributed by atoms with Crippen molar-refractivity contribution in [3.05, 3.63) is 53.6 Å². The zero-order valence-corrected chi connectivity index (χ0v) is 17.0. The summed E-state index contributed by atoms with van der Waals surface area (Å²) in [6.07, 6.45) is 0.275. The predicted octanol–water partition coefficient (Wildman–Crippen LogP) is 3.73. The zero-order valence-electron chi connectivity index (χ0n) is 17.0. The summed E-state index contributed by atoms with van der Waals surface area (Å²) in [5.74, 6) is 0.932. The number of nitrogens with one attached hydrogen (secondary N) is 1. The minimum Gasteiger partial charge on any atom is -0.465 e. The van der Waals surface area contributed by atoms with Gasteiger partial charge < -0.3 is 24.8 Å². The molecule has 0 aromatic heterocycles. The SMILES string of the molecule is CCNC(=O)c1ccc(-c2ccc3c(c2)COC(C2CCN(C(=O)O)CC2)O3)cc1. The smallest absolute Gasteiger partial charge is 0.407 e. The Morgan fingerprint density at radius 1 is 1.10 bits per heavy atom. The quantitative estimate of drug-likeness (QED) is 0.802. The number of benzene rings is 2. The van der Waals surface area contributed by atoms with E-state index in [1.54, 1.807) is 0 Å². The predicted molar refractivity (Wildman–Crippen MR) is 111 cm³/mol. The second-order valence-electron chi connectivity index (χ2n) is 7.66. The number of fused-ring (bicyclic) bond motifs is 1. The molecule has 7 heteroatoms. The third-order valence-corrected chi connectivity index (χ3v) is 5.72. The van der Waals surface area contributed by atoms with Gasteiger partial charge in [-0.05, 0) is 55.2 Å². The van der Waals surface area contributed by atoms with E-state index in [1.165, 1.54) is 4.90 Å². The number of carboxylic acid groups (broad SMARTS) is 1. The van der Waals surface area contributed by atoms with E-state index in [1.807, 2.05) is 43.3 Å². The van der Waals surface area contributed by atoms with Gasteiger partial charge in [0.25, 0.3) is 5.91 Å². The van der Waals surface area contributed by atoms with Gasteiger partial charge in [0, 0.05) is 36.7 Å². The average Bonchev–Trinajstić information content (AvgIpc) is 2.78. The molecule has 1 atom stereocenters. The van der Waals surface area contributed by atoms with Crippen LogP contribution in [0.4, 0.5) is 4.79 Å². The van der Waals surface area contributed by atoms with Gasteiger partial charge in [-0.15, -0.1) is 0 Å². The lowest BCUT2D eigenvalue weighted by atomic mass is 9.95. The molecule has 1 unspecified atom stereocenters. The highest BCUT2D eigenvalue weighted by molar-refractivity contribution is 5.94. The van der Waals surface area contributed by atoms with E-state index in [2.05, 4.69) is 11.4 Å². The molecule has 158 valence electrons. The van der Waals surface area contributed by atoms with Gasteiger partial charge in [0.1, 0.15) is 5.75 Å². The molecule has 1 fully saturated rings. The Labute approximate surface area is 175 Å². The van der Waals surface area contributed by atoms with Crippen molar-refractivity contribution in [3.63, 3.8) is 0 Å². The number of rotatable bonds is 4. The summed E-state index contributed by atoms with van der Waals surface area (Å²) in [4.78, 5) is 24.4. The number of nitrogens with zero attached hydrogens (tertiary/aromatic N) is 1. The van der Waals surface area contributed by atoms with Crippen LogP contribution in [-0.4, -0.2) is 47.9 Å². The molecule has 0 bridgehead atoms. The van der Waals surface area contributed by atoms with Crippen LogP contribution in [0.3, 0.4) is 0 Å². The number of piperidine rings is 1. The maximum absolute atomic E-state index is 11.9. The van der Waals surface area contributed by atoms with Crippen molar-refractivity contribution in [1.29, 1.82) is 0 Å². The summed E-state index contributed by atoms with van der Waals surface area (Å²) < 4.78 is 12.1. The second-order valence-corrected chi connectivity index (χ2v) is 7.66. The van der Waals surface area contributed by atoms with Crippen LogP contribution in [-0.2, 0) is 11.3 Å². The van der Waals surface area contributed by atoms with Crippen molar-refractivity contribution in [2.24, 2.45) is 5.92 Å². The van der Waals surface area contributed by atoms with Crippen LogP contribution >= 0.6 is 0 Å². The highest BCUT2D eigenvalue weighted by atomic mass is 16.7. The normalized spacial score (nSPS) is 19.0. The van der Waals surface area contributed by atoms with Crippen molar-refractivity contribution in [2.45, 2.75) is 32.7 Å². The first-order valence-corrected chi connectivity index (χ1v) is 10.3. The molecule has 0 radical (unpaired) electrons. The lowest BCUT2D eigenvalue weighted by Crippen LogP contribution is -2.43. The van der Waals surface area contributed by atoms with Crippen molar-refractivity contribution >= 4 is 12.0 Å². The van der Waals surface area contributed by atoms with E-state index < -0.39 is 6.09 Å². The summed E-state index contributed by atoms with van der Waals surface area (Å²) in [7, 11) is 0. The molecule has 2 aliphatic heterocycles. The van der Waals surface area contributed by atoms with E-state index in [9.17, 15) is 9.59 Å². The van der Waals surface area contributed by atoms with Crippen LogP contribution < -0.4 is 10.1 Å². The van der Waals surface area contributed by atoms with Crippen LogP contribution in [0, 0.1) is 5.92 Å². The van der Waals surface area contributed by atoms with Crippen LogP contribution in [0.15, 0.2) is 42.5 Å². The number of amides is 2. The zero-order chi connectivity index (χ0) is 21.1. The average molecular weight is 410 g/mol. The largest absolute Gasteiger partial charge is 0.465 e. The third-order valence-electron chi connectivity index (χ3n) is 5.72. The molecule has 4 rings (SSSR count). The highest BCUT2D eigenvalue weighted by Crippen LogP contribution is 2.35. The number of carbonyl (C=O) groups is 2. The lowest BCUT2D eigenvalue weighted by molar-refractivity contribution is -0.148. The highest BCUT2D eigenvalue weighted by Gasteiger charge is 2.33. The Morgan fingerprint density at radius 3 is 2.47 bits per heavy atom. The Bertz CT molecular complexity index is 920. The Kier molecular flexibility index (Phi) is 5.90. The molecule has 2 aliphatic rings. The molecular formula is C23H26N2O5. The summed E-state index contributed by atoms with van der Waals surface area (Å²) in [5.41, 5.74) is 3.69. The first-order chi connectivity index (χ1) is 14.5. The molecule has 0 saturated carbocycles. The number of ether oxygens (including phenoxy) is 2. The van der Waals surface area contributed by atoms with E-state index in [0.29, 0.717) is 31.8 Å². The van der Waals surface area contributed by atoms with E-state index in [-0.39, 0.29) is 18.1 Å². The maximum atomic E-state index is 11.9. The van der Waals surface area contributed by atoms with Crippen molar-refractivity contribution in [2.75, 3.05) is 19.6 Å². The van der Waals surface area contributed by atoms with E-state index in [0.717, 1.165) is 35.3 Å². The molecule has 2 amide bonds. The fourth-order valence-electron chi connectivity index (χ4n) is 3.99. The van der Waals surface area contributed by atoms with Gasteiger partial charge in [-0.2, -0.15) is 0 Å². The van der Waals surface area contributed by atoms with Crippen molar-refractivity contribution in [1.82, 2.24) is 10.2 Å². The molecule has 2 aromatic rings. The molecule has 2 N–H and O–H groups in total. The van der Waals surface area contributed by atoms with Gasteiger partial charge in [0.2, 0.25) is 6.29 Å². The van der Waals surface area contributed by atoms with E-state index >= 15 is 0 Å². The lowest BCUT2D eigenvalue weighted by Gasteiger charge is -2.36. The summed E-state index contributed by atoms with van der Waals surface area (Å²) in [5, 5.41) is 11.9. The summed E-state index contributed by atoms with van der Waals surface area (Å²) in [6, 6.07) is 13.6. The third kappa shape index (κ3) is 4.26. The van der Waals surface area contributed by atoms with Crippen molar-refractivity contribution in [3.8, 4) is 16.9 Å². The van der Waals surface area contributed by atoms with Gasteiger partial charge >= 0.3 is 6.09 Å².